The number of carbonyl (C=O) groups is 2. The predicted octanol–water partition coefficient (Wildman–Crippen LogP) is 1.11. The van der Waals surface area contributed by atoms with Gasteiger partial charge in [-0.1, -0.05) is 6.07 Å². The first-order valence-corrected chi connectivity index (χ1v) is 7.12. The highest BCUT2D eigenvalue weighted by Gasteiger charge is 2.26. The molecular formula is C14H15N3O3S. The molecule has 0 spiro atoms. The van der Waals surface area contributed by atoms with E-state index in [4.69, 9.17) is 0 Å². The van der Waals surface area contributed by atoms with E-state index in [1.165, 1.54) is 17.5 Å². The average Bonchev–Trinajstić information content (AvgIpc) is 3.01. The Labute approximate surface area is 125 Å². The molecule has 1 atom stereocenters. The van der Waals surface area contributed by atoms with Gasteiger partial charge in [0, 0.05) is 11.1 Å². The van der Waals surface area contributed by atoms with Crippen molar-refractivity contribution in [2.75, 3.05) is 11.9 Å². The molecule has 0 fully saturated rings. The Kier molecular flexibility index (Phi) is 4.66. The lowest BCUT2D eigenvalue weighted by Crippen LogP contribution is -2.42. The van der Waals surface area contributed by atoms with E-state index in [9.17, 15) is 14.7 Å². The van der Waals surface area contributed by atoms with Crippen molar-refractivity contribution < 1.29 is 14.7 Å². The van der Waals surface area contributed by atoms with Gasteiger partial charge < -0.3 is 15.7 Å². The second-order valence-corrected chi connectivity index (χ2v) is 5.58. The zero-order valence-corrected chi connectivity index (χ0v) is 12.2. The quantitative estimate of drug-likeness (QED) is 0.738. The number of hydrogen-bond donors (Lipinski definition) is 3. The van der Waals surface area contributed by atoms with Crippen molar-refractivity contribution in [1.82, 2.24) is 10.3 Å². The van der Waals surface area contributed by atoms with Crippen molar-refractivity contribution in [2.45, 2.75) is 12.5 Å². The number of carbonyl (C=O) groups excluding carboxylic acids is 2. The molecule has 2 aromatic heterocycles. The van der Waals surface area contributed by atoms with Crippen LogP contribution in [0.1, 0.15) is 11.8 Å². The van der Waals surface area contributed by atoms with Gasteiger partial charge in [0.25, 0.3) is 0 Å². The second-order valence-electron chi connectivity index (χ2n) is 4.63. The van der Waals surface area contributed by atoms with Crippen LogP contribution >= 0.6 is 11.3 Å². The highest BCUT2D eigenvalue weighted by Crippen LogP contribution is 2.24. The molecule has 2 rings (SSSR count). The first-order valence-electron chi connectivity index (χ1n) is 6.24. The van der Waals surface area contributed by atoms with Crippen molar-refractivity contribution in [2.24, 2.45) is 0 Å². The number of hydrogen-bond acceptors (Lipinski definition) is 5. The minimum Gasteiger partial charge on any atom is -0.383 e. The van der Waals surface area contributed by atoms with Crippen LogP contribution < -0.4 is 10.6 Å². The lowest BCUT2D eigenvalue weighted by molar-refractivity contribution is -0.136. The van der Waals surface area contributed by atoms with Gasteiger partial charge in [-0.3, -0.25) is 14.6 Å². The van der Waals surface area contributed by atoms with Crippen LogP contribution in [-0.4, -0.2) is 28.4 Å². The van der Waals surface area contributed by atoms with Gasteiger partial charge in [0.2, 0.25) is 0 Å². The summed E-state index contributed by atoms with van der Waals surface area (Å²) in [6.07, 6.45) is 3.00. The third-order valence-electron chi connectivity index (χ3n) is 2.77. The van der Waals surface area contributed by atoms with Crippen LogP contribution in [0.3, 0.4) is 0 Å². The number of amides is 2. The van der Waals surface area contributed by atoms with E-state index in [0.29, 0.717) is 5.69 Å². The highest BCUT2D eigenvalue weighted by molar-refractivity contribution is 7.10. The molecule has 0 aromatic carbocycles. The summed E-state index contributed by atoms with van der Waals surface area (Å²) in [6, 6.07) is 6.85. The lowest BCUT2D eigenvalue weighted by atomic mass is 10.1. The van der Waals surface area contributed by atoms with E-state index in [1.54, 1.807) is 31.3 Å². The van der Waals surface area contributed by atoms with Gasteiger partial charge >= 0.3 is 11.8 Å². The number of anilines is 1. The molecule has 3 N–H and O–H groups in total. The third kappa shape index (κ3) is 4.11. The molecular weight excluding hydrogens is 290 g/mol. The highest BCUT2D eigenvalue weighted by atomic mass is 32.1. The number of rotatable bonds is 4. The number of aliphatic hydroxyl groups is 1. The van der Waals surface area contributed by atoms with Crippen molar-refractivity contribution in [1.29, 1.82) is 0 Å². The number of nitrogens with zero attached hydrogens (tertiary/aromatic N) is 1. The molecule has 2 amide bonds. The van der Waals surface area contributed by atoms with Gasteiger partial charge in [0.05, 0.1) is 18.4 Å². The third-order valence-corrected chi connectivity index (χ3v) is 3.89. The molecule has 2 heterocycles. The Morgan fingerprint density at radius 3 is 2.76 bits per heavy atom. The fourth-order valence-corrected chi connectivity index (χ4v) is 2.42. The van der Waals surface area contributed by atoms with E-state index in [0.717, 1.165) is 4.88 Å². The number of aromatic nitrogens is 1. The summed E-state index contributed by atoms with van der Waals surface area (Å²) in [4.78, 5) is 27.9. The van der Waals surface area contributed by atoms with Gasteiger partial charge in [-0.25, -0.2) is 0 Å². The largest absolute Gasteiger partial charge is 0.383 e. The maximum atomic E-state index is 11.7. The van der Waals surface area contributed by atoms with Crippen LogP contribution in [0.2, 0.25) is 0 Å². The first kappa shape index (κ1) is 15.1. The van der Waals surface area contributed by atoms with Crippen LogP contribution in [0, 0.1) is 0 Å². The molecule has 21 heavy (non-hydrogen) atoms. The van der Waals surface area contributed by atoms with Gasteiger partial charge in [0.1, 0.15) is 5.60 Å². The maximum absolute atomic E-state index is 11.7. The molecule has 0 saturated heterocycles. The molecule has 6 nitrogen and oxygen atoms in total. The normalized spacial score (nSPS) is 13.2. The van der Waals surface area contributed by atoms with E-state index in [-0.39, 0.29) is 6.54 Å². The monoisotopic (exact) mass is 305 g/mol. The molecule has 2 aromatic rings. The molecule has 110 valence electrons. The Morgan fingerprint density at radius 2 is 2.14 bits per heavy atom. The summed E-state index contributed by atoms with van der Waals surface area (Å²) >= 11 is 1.38. The van der Waals surface area contributed by atoms with Gasteiger partial charge in [0.15, 0.2) is 0 Å². The number of pyridine rings is 1. The fourth-order valence-electron chi connectivity index (χ4n) is 1.63. The topological polar surface area (TPSA) is 91.3 Å². The molecule has 0 aliphatic rings. The zero-order chi connectivity index (χ0) is 15.3. The molecule has 0 saturated carbocycles. The van der Waals surface area contributed by atoms with E-state index in [2.05, 4.69) is 15.6 Å². The summed E-state index contributed by atoms with van der Waals surface area (Å²) < 4.78 is 0. The van der Waals surface area contributed by atoms with E-state index in [1.807, 2.05) is 11.4 Å². The SMILES string of the molecule is CC(O)(CNC(=O)C(=O)Nc1cccnc1)c1cccs1. The minimum absolute atomic E-state index is 0.0488. The lowest BCUT2D eigenvalue weighted by Gasteiger charge is -2.22. The Morgan fingerprint density at radius 1 is 1.33 bits per heavy atom. The Bertz CT molecular complexity index is 612. The standard InChI is InChI=1S/C14H15N3O3S/c1-14(20,11-5-3-7-21-11)9-16-12(18)13(19)17-10-4-2-6-15-8-10/h2-8,20H,9H2,1H3,(H,16,18)(H,17,19). The molecule has 0 radical (unpaired) electrons. The number of thiophene rings is 1. The van der Waals surface area contributed by atoms with Crippen molar-refractivity contribution in [3.63, 3.8) is 0 Å². The van der Waals surface area contributed by atoms with Crippen LogP contribution in [0.4, 0.5) is 5.69 Å². The van der Waals surface area contributed by atoms with Crippen molar-refractivity contribution >= 4 is 28.8 Å². The Hall–Kier alpha value is -2.25. The number of nitrogens with one attached hydrogen (secondary N) is 2. The summed E-state index contributed by atoms with van der Waals surface area (Å²) in [6.45, 7) is 1.53. The summed E-state index contributed by atoms with van der Waals surface area (Å²) in [5.74, 6) is -1.61. The van der Waals surface area contributed by atoms with Crippen LogP contribution in [0.15, 0.2) is 42.0 Å². The molecule has 1 unspecified atom stereocenters. The van der Waals surface area contributed by atoms with Crippen molar-refractivity contribution in [3.05, 3.63) is 46.9 Å². The van der Waals surface area contributed by atoms with Crippen LogP contribution in [-0.2, 0) is 15.2 Å². The fraction of sp³-hybridized carbons (Fsp3) is 0.214. The molecule has 0 aliphatic heterocycles. The van der Waals surface area contributed by atoms with Crippen LogP contribution in [0.25, 0.3) is 0 Å². The molecule has 7 heteroatoms. The smallest absolute Gasteiger partial charge is 0.313 e. The second kappa shape index (κ2) is 6.47. The minimum atomic E-state index is -1.21. The van der Waals surface area contributed by atoms with Gasteiger partial charge in [-0.15, -0.1) is 11.3 Å². The van der Waals surface area contributed by atoms with Gasteiger partial charge in [-0.05, 0) is 30.5 Å². The maximum Gasteiger partial charge on any atom is 0.313 e. The molecule has 0 bridgehead atoms. The van der Waals surface area contributed by atoms with Crippen LogP contribution in [0.5, 0.6) is 0 Å². The zero-order valence-electron chi connectivity index (χ0n) is 11.4. The van der Waals surface area contributed by atoms with Crippen molar-refractivity contribution in [3.8, 4) is 0 Å². The van der Waals surface area contributed by atoms with E-state index >= 15 is 0 Å². The van der Waals surface area contributed by atoms with Gasteiger partial charge in [-0.2, -0.15) is 0 Å². The summed E-state index contributed by atoms with van der Waals surface area (Å²) in [5, 5.41) is 16.9. The first-order chi connectivity index (χ1) is 9.99. The van der Waals surface area contributed by atoms with E-state index < -0.39 is 17.4 Å². The summed E-state index contributed by atoms with van der Waals surface area (Å²) in [7, 11) is 0. The molecule has 0 aliphatic carbocycles. The average molecular weight is 305 g/mol. The predicted molar refractivity (Wildman–Crippen MR) is 79.8 cm³/mol. The Balaban J connectivity index is 1.88. The summed E-state index contributed by atoms with van der Waals surface area (Å²) in [5.41, 5.74) is -0.777.